The number of aliphatic hydroxyl groups is 1. The molecule has 0 fully saturated rings. The van der Waals surface area contributed by atoms with Crippen LogP contribution >= 0.6 is 0 Å². The summed E-state index contributed by atoms with van der Waals surface area (Å²) in [5.74, 6) is -0.232. The highest BCUT2D eigenvalue weighted by Gasteiger charge is 2.22. The van der Waals surface area contributed by atoms with Crippen LogP contribution in [0.15, 0.2) is 12.3 Å². The van der Waals surface area contributed by atoms with E-state index >= 15 is 0 Å². The van der Waals surface area contributed by atoms with Crippen molar-refractivity contribution in [2.45, 2.75) is 12.5 Å². The van der Waals surface area contributed by atoms with Gasteiger partial charge in [0.2, 0.25) is 0 Å². The number of hydrogen-bond acceptors (Lipinski definition) is 4. The van der Waals surface area contributed by atoms with Gasteiger partial charge in [-0.2, -0.15) is 5.10 Å². The zero-order valence-corrected chi connectivity index (χ0v) is 10.8. The minimum absolute atomic E-state index is 0.204. The Morgan fingerprint density at radius 3 is 2.76 bits per heavy atom. The first-order valence-corrected chi connectivity index (χ1v) is 5.45. The van der Waals surface area contributed by atoms with Crippen LogP contribution in [0.5, 0.6) is 0 Å². The van der Waals surface area contributed by atoms with Crippen LogP contribution < -0.4 is 5.32 Å². The van der Waals surface area contributed by atoms with Crippen LogP contribution in [-0.2, 0) is 7.05 Å². The Bertz CT molecular complexity index is 385. The molecule has 1 rings (SSSR count). The predicted molar refractivity (Wildman–Crippen MR) is 64.7 cm³/mol. The van der Waals surface area contributed by atoms with Gasteiger partial charge in [0, 0.05) is 26.3 Å². The van der Waals surface area contributed by atoms with Crippen molar-refractivity contribution in [3.8, 4) is 0 Å². The zero-order valence-electron chi connectivity index (χ0n) is 10.8. The molecule has 0 aliphatic rings. The minimum atomic E-state index is -0.947. The van der Waals surface area contributed by atoms with Gasteiger partial charge < -0.3 is 15.3 Å². The van der Waals surface area contributed by atoms with E-state index in [0.717, 1.165) is 0 Å². The van der Waals surface area contributed by atoms with E-state index < -0.39 is 5.60 Å². The van der Waals surface area contributed by atoms with Crippen molar-refractivity contribution in [3.05, 3.63) is 18.0 Å². The molecule has 0 spiro atoms. The van der Waals surface area contributed by atoms with Crippen LogP contribution in [0.3, 0.4) is 0 Å². The Balaban J connectivity index is 2.51. The molecule has 0 aromatic carbocycles. The third-order valence-corrected chi connectivity index (χ3v) is 2.34. The van der Waals surface area contributed by atoms with Crippen molar-refractivity contribution in [2.24, 2.45) is 7.05 Å². The van der Waals surface area contributed by atoms with Gasteiger partial charge in [-0.15, -0.1) is 0 Å². The Hall–Kier alpha value is -1.40. The minimum Gasteiger partial charge on any atom is -0.387 e. The summed E-state index contributed by atoms with van der Waals surface area (Å²) >= 11 is 0. The van der Waals surface area contributed by atoms with Crippen molar-refractivity contribution in [1.82, 2.24) is 20.0 Å². The molecule has 0 radical (unpaired) electrons. The van der Waals surface area contributed by atoms with Gasteiger partial charge in [0.15, 0.2) is 0 Å². The fourth-order valence-corrected chi connectivity index (χ4v) is 1.70. The molecular weight excluding hydrogens is 220 g/mol. The van der Waals surface area contributed by atoms with Crippen molar-refractivity contribution < 1.29 is 9.90 Å². The molecule has 0 bridgehead atoms. The lowest BCUT2D eigenvalue weighted by atomic mass is 10.1. The van der Waals surface area contributed by atoms with Crippen molar-refractivity contribution in [2.75, 3.05) is 27.2 Å². The molecule has 1 heterocycles. The number of hydrogen-bond donors (Lipinski definition) is 2. The summed E-state index contributed by atoms with van der Waals surface area (Å²) in [4.78, 5) is 13.6. The monoisotopic (exact) mass is 240 g/mol. The molecule has 1 aromatic heterocycles. The summed E-state index contributed by atoms with van der Waals surface area (Å²) in [6, 6.07) is 1.63. The lowest BCUT2D eigenvalue weighted by Crippen LogP contribution is -2.47. The largest absolute Gasteiger partial charge is 0.387 e. The van der Waals surface area contributed by atoms with E-state index in [1.807, 2.05) is 19.0 Å². The van der Waals surface area contributed by atoms with Crippen LogP contribution in [0.2, 0.25) is 0 Å². The number of rotatable bonds is 5. The number of nitrogens with one attached hydrogen (secondary N) is 1. The number of carbonyl (C=O) groups is 1. The average molecular weight is 240 g/mol. The molecule has 96 valence electrons. The number of aryl methyl sites for hydroxylation is 1. The van der Waals surface area contributed by atoms with Crippen LogP contribution in [0.1, 0.15) is 17.4 Å². The maximum Gasteiger partial charge on any atom is 0.269 e. The van der Waals surface area contributed by atoms with Crippen LogP contribution in [0.25, 0.3) is 0 Å². The molecule has 17 heavy (non-hydrogen) atoms. The summed E-state index contributed by atoms with van der Waals surface area (Å²) in [6.45, 7) is 2.38. The van der Waals surface area contributed by atoms with Crippen molar-refractivity contribution in [1.29, 1.82) is 0 Å². The molecule has 1 aromatic rings. The van der Waals surface area contributed by atoms with E-state index in [1.54, 1.807) is 26.2 Å². The fraction of sp³-hybridized carbons (Fsp3) is 0.636. The molecule has 0 saturated carbocycles. The molecule has 6 heteroatoms. The summed E-state index contributed by atoms with van der Waals surface area (Å²) in [7, 11) is 5.45. The van der Waals surface area contributed by atoms with Gasteiger partial charge in [0.05, 0.1) is 5.60 Å². The fourth-order valence-electron chi connectivity index (χ4n) is 1.70. The third kappa shape index (κ3) is 4.16. The van der Waals surface area contributed by atoms with Crippen molar-refractivity contribution >= 4 is 5.91 Å². The first kappa shape index (κ1) is 13.7. The smallest absolute Gasteiger partial charge is 0.269 e. The summed E-state index contributed by atoms with van der Waals surface area (Å²) < 4.78 is 1.50. The number of likely N-dealkylation sites (N-methyl/N-ethyl adjacent to an activating group) is 1. The second-order valence-electron chi connectivity index (χ2n) is 4.76. The SMILES string of the molecule is CN(C)CC(C)(O)CNC(=O)c1ccnn1C. The molecule has 1 amide bonds. The first-order chi connectivity index (χ1) is 7.82. The molecule has 0 saturated heterocycles. The summed E-state index contributed by atoms with van der Waals surface area (Å²) in [5.41, 5.74) is -0.469. The second kappa shape index (κ2) is 5.29. The molecule has 1 unspecified atom stereocenters. The van der Waals surface area contributed by atoms with E-state index in [0.29, 0.717) is 12.2 Å². The van der Waals surface area contributed by atoms with Gasteiger partial charge in [-0.05, 0) is 27.1 Å². The number of carbonyl (C=O) groups excluding carboxylic acids is 1. The lowest BCUT2D eigenvalue weighted by molar-refractivity contribution is 0.0324. The maximum atomic E-state index is 11.8. The molecule has 0 aliphatic carbocycles. The van der Waals surface area contributed by atoms with Gasteiger partial charge in [-0.1, -0.05) is 0 Å². The van der Waals surface area contributed by atoms with Gasteiger partial charge in [0.1, 0.15) is 5.69 Å². The highest BCUT2D eigenvalue weighted by molar-refractivity contribution is 5.92. The number of nitrogens with zero attached hydrogens (tertiary/aromatic N) is 3. The second-order valence-corrected chi connectivity index (χ2v) is 4.76. The van der Waals surface area contributed by atoms with E-state index in [1.165, 1.54) is 4.68 Å². The highest BCUT2D eigenvalue weighted by atomic mass is 16.3. The van der Waals surface area contributed by atoms with E-state index in [9.17, 15) is 9.90 Å². The van der Waals surface area contributed by atoms with E-state index in [-0.39, 0.29) is 12.5 Å². The normalized spacial score (nSPS) is 14.7. The Morgan fingerprint density at radius 2 is 2.29 bits per heavy atom. The summed E-state index contributed by atoms with van der Waals surface area (Å²) in [5, 5.41) is 16.6. The van der Waals surface area contributed by atoms with Gasteiger partial charge >= 0.3 is 0 Å². The van der Waals surface area contributed by atoms with Crippen LogP contribution in [-0.4, -0.2) is 58.5 Å². The van der Waals surface area contributed by atoms with Crippen LogP contribution in [0.4, 0.5) is 0 Å². The maximum absolute atomic E-state index is 11.8. The molecular formula is C11H20N4O2. The quantitative estimate of drug-likeness (QED) is 0.725. The Labute approximate surface area is 101 Å². The van der Waals surface area contributed by atoms with E-state index in [4.69, 9.17) is 0 Å². The molecule has 1 atom stereocenters. The summed E-state index contributed by atoms with van der Waals surface area (Å²) in [6.07, 6.45) is 1.56. The Kier molecular flexibility index (Phi) is 4.25. The van der Waals surface area contributed by atoms with Gasteiger partial charge in [-0.25, -0.2) is 0 Å². The molecule has 0 aliphatic heterocycles. The van der Waals surface area contributed by atoms with Crippen LogP contribution in [0, 0.1) is 0 Å². The Morgan fingerprint density at radius 1 is 1.65 bits per heavy atom. The first-order valence-electron chi connectivity index (χ1n) is 5.45. The highest BCUT2D eigenvalue weighted by Crippen LogP contribution is 2.03. The van der Waals surface area contributed by atoms with Gasteiger partial charge in [0.25, 0.3) is 5.91 Å². The molecule has 2 N–H and O–H groups in total. The van der Waals surface area contributed by atoms with E-state index in [2.05, 4.69) is 10.4 Å². The number of aromatic nitrogens is 2. The van der Waals surface area contributed by atoms with Crippen molar-refractivity contribution in [3.63, 3.8) is 0 Å². The predicted octanol–water partition coefficient (Wildman–Crippen LogP) is -0.537. The molecule has 6 nitrogen and oxygen atoms in total. The number of amides is 1. The third-order valence-electron chi connectivity index (χ3n) is 2.34. The standard InChI is InChI=1S/C11H20N4O2/c1-11(17,8-14(2)3)7-12-10(16)9-5-6-13-15(9)4/h5-6,17H,7-8H2,1-4H3,(H,12,16). The van der Waals surface area contributed by atoms with Gasteiger partial charge in [-0.3, -0.25) is 9.48 Å². The average Bonchev–Trinajstić information content (AvgIpc) is 2.59. The lowest BCUT2D eigenvalue weighted by Gasteiger charge is -2.27. The topological polar surface area (TPSA) is 70.4 Å². The zero-order chi connectivity index (χ0) is 13.1.